The summed E-state index contributed by atoms with van der Waals surface area (Å²) in [5, 5.41) is 0. The Bertz CT molecular complexity index is 388. The fourth-order valence-corrected chi connectivity index (χ4v) is 4.35. The molecule has 3 aliphatic heterocycles. The van der Waals surface area contributed by atoms with Crippen molar-refractivity contribution in [3.8, 4) is 0 Å². The molecule has 0 aromatic carbocycles. The van der Waals surface area contributed by atoms with Crippen molar-refractivity contribution in [2.24, 2.45) is 11.7 Å². The third-order valence-electron chi connectivity index (χ3n) is 5.83. The van der Waals surface area contributed by atoms with Crippen molar-refractivity contribution >= 4 is 5.91 Å². The van der Waals surface area contributed by atoms with Crippen LogP contribution in [-0.4, -0.2) is 67.2 Å². The molecule has 3 heterocycles. The predicted octanol–water partition coefficient (Wildman–Crippen LogP) is 1.61. The average Bonchev–Trinajstić information content (AvgIpc) is 2.84. The van der Waals surface area contributed by atoms with Crippen LogP contribution in [0, 0.1) is 5.92 Å². The van der Waals surface area contributed by atoms with Gasteiger partial charge in [-0.05, 0) is 57.5 Å². The molecular formula is C18H33N3O2. The summed E-state index contributed by atoms with van der Waals surface area (Å²) in [4.78, 5) is 17.6. The molecule has 0 radical (unpaired) electrons. The van der Waals surface area contributed by atoms with Gasteiger partial charge >= 0.3 is 0 Å². The average molecular weight is 323 g/mol. The normalized spacial score (nSPS) is 30.0. The van der Waals surface area contributed by atoms with E-state index in [1.807, 2.05) is 0 Å². The number of nitrogens with two attached hydrogens (primary N) is 1. The van der Waals surface area contributed by atoms with E-state index in [1.165, 1.54) is 45.2 Å². The molecule has 3 saturated heterocycles. The third kappa shape index (κ3) is 4.46. The number of hydrogen-bond acceptors (Lipinski definition) is 4. The fraction of sp³-hybridized carbons (Fsp3) is 0.944. The van der Waals surface area contributed by atoms with Crippen molar-refractivity contribution in [1.82, 2.24) is 9.80 Å². The Hall–Kier alpha value is -0.650. The van der Waals surface area contributed by atoms with Gasteiger partial charge in [-0.1, -0.05) is 12.8 Å². The fourth-order valence-electron chi connectivity index (χ4n) is 4.35. The molecule has 2 N–H and O–H groups in total. The lowest BCUT2D eigenvalue weighted by atomic mass is 9.88. The zero-order chi connectivity index (χ0) is 16.1. The van der Waals surface area contributed by atoms with Crippen LogP contribution in [0.3, 0.4) is 0 Å². The number of nitrogens with zero attached hydrogens (tertiary/aromatic N) is 2. The second-order valence-electron chi connectivity index (χ2n) is 7.74. The van der Waals surface area contributed by atoms with Crippen LogP contribution in [0.2, 0.25) is 0 Å². The topological polar surface area (TPSA) is 58.8 Å². The van der Waals surface area contributed by atoms with E-state index in [4.69, 9.17) is 10.5 Å². The van der Waals surface area contributed by atoms with Gasteiger partial charge in [-0.3, -0.25) is 4.79 Å². The minimum Gasteiger partial charge on any atom is -0.381 e. The van der Waals surface area contributed by atoms with Crippen molar-refractivity contribution in [3.63, 3.8) is 0 Å². The molecule has 0 bridgehead atoms. The lowest BCUT2D eigenvalue weighted by molar-refractivity contribution is -0.142. The molecule has 1 unspecified atom stereocenters. The molecule has 5 nitrogen and oxygen atoms in total. The number of hydrogen-bond donors (Lipinski definition) is 1. The highest BCUT2D eigenvalue weighted by atomic mass is 16.5. The van der Waals surface area contributed by atoms with Gasteiger partial charge in [0, 0.05) is 32.8 Å². The number of likely N-dealkylation sites (tertiary alicyclic amines) is 2. The summed E-state index contributed by atoms with van der Waals surface area (Å²) in [6.07, 6.45) is 9.13. The van der Waals surface area contributed by atoms with Crippen molar-refractivity contribution in [2.75, 3.05) is 45.9 Å². The summed E-state index contributed by atoms with van der Waals surface area (Å²) < 4.78 is 5.38. The maximum atomic E-state index is 12.9. The summed E-state index contributed by atoms with van der Waals surface area (Å²) in [5.74, 6) is 0.788. The maximum Gasteiger partial charge on any atom is 0.242 e. The van der Waals surface area contributed by atoms with Crippen molar-refractivity contribution in [1.29, 1.82) is 0 Å². The van der Waals surface area contributed by atoms with Gasteiger partial charge < -0.3 is 20.3 Å². The maximum absolute atomic E-state index is 12.9. The van der Waals surface area contributed by atoms with Crippen LogP contribution in [0.25, 0.3) is 0 Å². The second kappa shape index (κ2) is 7.95. The first-order valence-corrected chi connectivity index (χ1v) is 9.56. The lowest BCUT2D eigenvalue weighted by Gasteiger charge is -2.41. The van der Waals surface area contributed by atoms with Crippen molar-refractivity contribution < 1.29 is 9.53 Å². The second-order valence-corrected chi connectivity index (χ2v) is 7.74. The molecule has 1 amide bonds. The number of piperidine rings is 1. The largest absolute Gasteiger partial charge is 0.381 e. The number of carbonyl (C=O) groups is 1. The van der Waals surface area contributed by atoms with E-state index in [0.717, 1.165) is 26.1 Å². The van der Waals surface area contributed by atoms with E-state index in [9.17, 15) is 4.79 Å². The number of rotatable bonds is 3. The molecule has 3 fully saturated rings. The Balaban J connectivity index is 1.53. The van der Waals surface area contributed by atoms with E-state index >= 15 is 0 Å². The van der Waals surface area contributed by atoms with Crippen LogP contribution in [0.1, 0.15) is 51.4 Å². The summed E-state index contributed by atoms with van der Waals surface area (Å²) >= 11 is 0. The summed E-state index contributed by atoms with van der Waals surface area (Å²) in [6, 6.07) is 0. The molecule has 3 rings (SSSR count). The minimum absolute atomic E-state index is 0.168. The number of carbonyl (C=O) groups excluding carboxylic acids is 1. The van der Waals surface area contributed by atoms with Crippen molar-refractivity contribution in [3.05, 3.63) is 0 Å². The molecule has 0 aromatic rings. The molecule has 5 heteroatoms. The van der Waals surface area contributed by atoms with E-state index in [2.05, 4.69) is 9.80 Å². The van der Waals surface area contributed by atoms with Crippen molar-refractivity contribution in [2.45, 2.75) is 56.9 Å². The van der Waals surface area contributed by atoms with Crippen LogP contribution >= 0.6 is 0 Å². The predicted molar refractivity (Wildman–Crippen MR) is 91.2 cm³/mol. The Kier molecular flexibility index (Phi) is 5.94. The van der Waals surface area contributed by atoms with Gasteiger partial charge in [0.1, 0.15) is 0 Å². The zero-order valence-corrected chi connectivity index (χ0v) is 14.5. The molecular weight excluding hydrogens is 290 g/mol. The molecule has 23 heavy (non-hydrogen) atoms. The zero-order valence-electron chi connectivity index (χ0n) is 14.5. The Labute approximate surface area is 140 Å². The minimum atomic E-state index is -0.678. The van der Waals surface area contributed by atoms with Crippen LogP contribution in [0.4, 0.5) is 0 Å². The van der Waals surface area contributed by atoms with E-state index in [-0.39, 0.29) is 5.91 Å². The van der Waals surface area contributed by atoms with E-state index in [1.54, 1.807) is 0 Å². The summed E-state index contributed by atoms with van der Waals surface area (Å²) in [5.41, 5.74) is 5.72. The first kappa shape index (κ1) is 17.2. The van der Waals surface area contributed by atoms with Crippen LogP contribution in [-0.2, 0) is 9.53 Å². The van der Waals surface area contributed by atoms with Gasteiger partial charge in [0.2, 0.25) is 5.91 Å². The Morgan fingerprint density at radius 2 is 1.74 bits per heavy atom. The van der Waals surface area contributed by atoms with Crippen LogP contribution < -0.4 is 5.73 Å². The van der Waals surface area contributed by atoms with Gasteiger partial charge in [-0.15, -0.1) is 0 Å². The Morgan fingerprint density at radius 1 is 1.04 bits per heavy atom. The summed E-state index contributed by atoms with van der Waals surface area (Å²) in [7, 11) is 0. The molecule has 0 spiro atoms. The Morgan fingerprint density at radius 3 is 2.43 bits per heavy atom. The molecule has 0 saturated carbocycles. The van der Waals surface area contributed by atoms with Crippen LogP contribution in [0.5, 0.6) is 0 Å². The molecule has 132 valence electrons. The highest BCUT2D eigenvalue weighted by Gasteiger charge is 2.40. The number of amides is 1. The van der Waals surface area contributed by atoms with Gasteiger partial charge in [-0.25, -0.2) is 0 Å². The smallest absolute Gasteiger partial charge is 0.242 e. The first-order chi connectivity index (χ1) is 11.2. The highest BCUT2D eigenvalue weighted by Crippen LogP contribution is 2.25. The quantitative estimate of drug-likeness (QED) is 0.857. The third-order valence-corrected chi connectivity index (χ3v) is 5.83. The standard InChI is InChI=1S/C18H33N3O2/c19-18(7-12-23-13-8-18)17(22)21-11-5-6-16(15-21)14-20-9-3-1-2-4-10-20/h16H,1-15,19H2. The lowest BCUT2D eigenvalue weighted by Crippen LogP contribution is -2.59. The molecule has 0 aliphatic carbocycles. The van der Waals surface area contributed by atoms with E-state index < -0.39 is 5.54 Å². The molecule has 1 atom stereocenters. The highest BCUT2D eigenvalue weighted by molar-refractivity contribution is 5.86. The molecule has 0 aromatic heterocycles. The first-order valence-electron chi connectivity index (χ1n) is 9.56. The SMILES string of the molecule is NC1(C(=O)N2CCCC(CN3CCCCCC3)C2)CCOCC1. The monoisotopic (exact) mass is 323 g/mol. The van der Waals surface area contributed by atoms with E-state index in [0.29, 0.717) is 32.0 Å². The van der Waals surface area contributed by atoms with Gasteiger partial charge in [0.05, 0.1) is 5.54 Å². The summed E-state index contributed by atoms with van der Waals surface area (Å²) in [6.45, 7) is 6.65. The molecule has 3 aliphatic rings. The van der Waals surface area contributed by atoms with Gasteiger partial charge in [0.25, 0.3) is 0 Å². The van der Waals surface area contributed by atoms with Crippen LogP contribution in [0.15, 0.2) is 0 Å². The number of ether oxygens (including phenoxy) is 1. The van der Waals surface area contributed by atoms with Gasteiger partial charge in [0.15, 0.2) is 0 Å². The van der Waals surface area contributed by atoms with Gasteiger partial charge in [-0.2, -0.15) is 0 Å².